The molecule has 1 heterocycles. The van der Waals surface area contributed by atoms with Crippen molar-refractivity contribution in [2.24, 2.45) is 5.92 Å². The van der Waals surface area contributed by atoms with E-state index >= 15 is 0 Å². The Balaban J connectivity index is 2.55. The third-order valence-corrected chi connectivity index (χ3v) is 5.17. The molecule has 0 amide bonds. The summed E-state index contributed by atoms with van der Waals surface area (Å²) in [6, 6.07) is 0. The normalized spacial score (nSPS) is 22.6. The zero-order valence-corrected chi connectivity index (χ0v) is 12.0. The standard InChI is InChI=1S/C11H24N2O4S/c1-3-17-8-7-12(2)18(15,16)13-6-4-5-11(9-13)10-14/h11,14H,3-10H2,1-2H3. The van der Waals surface area contributed by atoms with E-state index in [1.165, 1.54) is 8.61 Å². The predicted octanol–water partition coefficient (Wildman–Crippen LogP) is -0.0962. The van der Waals surface area contributed by atoms with Crippen molar-refractivity contribution in [2.45, 2.75) is 19.8 Å². The van der Waals surface area contributed by atoms with E-state index in [-0.39, 0.29) is 12.5 Å². The van der Waals surface area contributed by atoms with Crippen molar-refractivity contribution in [3.05, 3.63) is 0 Å². The summed E-state index contributed by atoms with van der Waals surface area (Å²) in [5.74, 6) is 0.0637. The lowest BCUT2D eigenvalue weighted by molar-refractivity contribution is 0.133. The Kier molecular flexibility index (Phi) is 6.51. The summed E-state index contributed by atoms with van der Waals surface area (Å²) in [5.41, 5.74) is 0. The highest BCUT2D eigenvalue weighted by atomic mass is 32.2. The molecule has 0 aromatic carbocycles. The van der Waals surface area contributed by atoms with Crippen LogP contribution in [0.15, 0.2) is 0 Å². The van der Waals surface area contributed by atoms with Gasteiger partial charge in [0.2, 0.25) is 0 Å². The van der Waals surface area contributed by atoms with Crippen LogP contribution in [0.5, 0.6) is 0 Å². The summed E-state index contributed by atoms with van der Waals surface area (Å²) in [6.45, 7) is 4.24. The van der Waals surface area contributed by atoms with Crippen molar-refractivity contribution in [3.8, 4) is 0 Å². The molecule has 108 valence electrons. The summed E-state index contributed by atoms with van der Waals surface area (Å²) in [4.78, 5) is 0. The first-order valence-electron chi connectivity index (χ1n) is 6.42. The Morgan fingerprint density at radius 1 is 1.50 bits per heavy atom. The molecular formula is C11H24N2O4S. The maximum atomic E-state index is 12.3. The van der Waals surface area contributed by atoms with Crippen LogP contribution in [0.25, 0.3) is 0 Å². The van der Waals surface area contributed by atoms with Crippen LogP contribution in [0.1, 0.15) is 19.8 Å². The van der Waals surface area contributed by atoms with Crippen LogP contribution in [0.3, 0.4) is 0 Å². The average molecular weight is 280 g/mol. The highest BCUT2D eigenvalue weighted by molar-refractivity contribution is 7.86. The molecule has 0 spiro atoms. The molecular weight excluding hydrogens is 256 g/mol. The molecule has 18 heavy (non-hydrogen) atoms. The second-order valence-corrected chi connectivity index (χ2v) is 6.61. The first-order chi connectivity index (χ1) is 8.52. The molecule has 1 N–H and O–H groups in total. The lowest BCUT2D eigenvalue weighted by atomic mass is 10.0. The Labute approximate surface area is 110 Å². The van der Waals surface area contributed by atoms with Crippen LogP contribution < -0.4 is 0 Å². The molecule has 0 saturated carbocycles. The number of likely N-dealkylation sites (N-methyl/N-ethyl adjacent to an activating group) is 1. The van der Waals surface area contributed by atoms with Crippen molar-refractivity contribution in [1.82, 2.24) is 8.61 Å². The van der Waals surface area contributed by atoms with E-state index in [1.54, 1.807) is 7.05 Å². The Bertz CT molecular complexity index is 334. The lowest BCUT2D eigenvalue weighted by Gasteiger charge is -2.33. The highest BCUT2D eigenvalue weighted by Gasteiger charge is 2.31. The van der Waals surface area contributed by atoms with Crippen molar-refractivity contribution >= 4 is 10.2 Å². The number of aliphatic hydroxyl groups is 1. The van der Waals surface area contributed by atoms with E-state index in [0.717, 1.165) is 12.8 Å². The van der Waals surface area contributed by atoms with Crippen molar-refractivity contribution in [1.29, 1.82) is 0 Å². The molecule has 7 heteroatoms. The van der Waals surface area contributed by atoms with E-state index in [9.17, 15) is 8.42 Å². The minimum absolute atomic E-state index is 0.0503. The van der Waals surface area contributed by atoms with Crippen LogP contribution in [0.2, 0.25) is 0 Å². The van der Waals surface area contributed by atoms with Crippen LogP contribution in [0, 0.1) is 5.92 Å². The van der Waals surface area contributed by atoms with Gasteiger partial charge in [0.05, 0.1) is 6.61 Å². The van der Waals surface area contributed by atoms with Gasteiger partial charge in [-0.05, 0) is 25.7 Å². The van der Waals surface area contributed by atoms with Gasteiger partial charge in [-0.15, -0.1) is 0 Å². The number of ether oxygens (including phenoxy) is 1. The monoisotopic (exact) mass is 280 g/mol. The van der Waals surface area contributed by atoms with Crippen molar-refractivity contribution in [3.63, 3.8) is 0 Å². The van der Waals surface area contributed by atoms with Gasteiger partial charge in [0.25, 0.3) is 10.2 Å². The molecule has 0 bridgehead atoms. The SMILES string of the molecule is CCOCCN(C)S(=O)(=O)N1CCCC(CO)C1. The maximum Gasteiger partial charge on any atom is 0.281 e. The molecule has 0 aromatic heterocycles. The van der Waals surface area contributed by atoms with Gasteiger partial charge in [0, 0.05) is 39.9 Å². The molecule has 1 fully saturated rings. The zero-order valence-electron chi connectivity index (χ0n) is 11.2. The average Bonchev–Trinajstić information content (AvgIpc) is 2.39. The summed E-state index contributed by atoms with van der Waals surface area (Å²) >= 11 is 0. The van der Waals surface area contributed by atoms with Gasteiger partial charge in [0.1, 0.15) is 0 Å². The fourth-order valence-electron chi connectivity index (χ4n) is 2.04. The van der Waals surface area contributed by atoms with E-state index in [2.05, 4.69) is 0 Å². The van der Waals surface area contributed by atoms with E-state index in [1.807, 2.05) is 6.92 Å². The number of hydrogen-bond donors (Lipinski definition) is 1. The molecule has 1 rings (SSSR count). The van der Waals surface area contributed by atoms with Gasteiger partial charge in [-0.2, -0.15) is 17.0 Å². The van der Waals surface area contributed by atoms with Gasteiger partial charge < -0.3 is 9.84 Å². The quantitative estimate of drug-likeness (QED) is 0.661. The third kappa shape index (κ3) is 4.17. The van der Waals surface area contributed by atoms with Crippen LogP contribution >= 0.6 is 0 Å². The van der Waals surface area contributed by atoms with Gasteiger partial charge in [-0.25, -0.2) is 0 Å². The van der Waals surface area contributed by atoms with Crippen LogP contribution in [-0.2, 0) is 14.9 Å². The molecule has 0 aliphatic carbocycles. The molecule has 1 atom stereocenters. The Morgan fingerprint density at radius 3 is 2.83 bits per heavy atom. The minimum Gasteiger partial charge on any atom is -0.396 e. The van der Waals surface area contributed by atoms with Crippen LogP contribution in [0.4, 0.5) is 0 Å². The third-order valence-electron chi connectivity index (χ3n) is 3.21. The molecule has 1 aliphatic rings. The van der Waals surface area contributed by atoms with Gasteiger partial charge in [-0.1, -0.05) is 0 Å². The molecule has 1 aliphatic heterocycles. The minimum atomic E-state index is -3.41. The summed E-state index contributed by atoms with van der Waals surface area (Å²) in [5, 5.41) is 9.13. The number of rotatable bonds is 7. The summed E-state index contributed by atoms with van der Waals surface area (Å²) in [6.07, 6.45) is 1.70. The number of piperidine rings is 1. The largest absolute Gasteiger partial charge is 0.396 e. The fraction of sp³-hybridized carbons (Fsp3) is 1.00. The van der Waals surface area contributed by atoms with Gasteiger partial charge in [0.15, 0.2) is 0 Å². The summed E-state index contributed by atoms with van der Waals surface area (Å²) < 4.78 is 32.5. The zero-order chi connectivity index (χ0) is 13.6. The van der Waals surface area contributed by atoms with E-state index in [0.29, 0.717) is 32.8 Å². The van der Waals surface area contributed by atoms with Crippen LogP contribution in [-0.4, -0.2) is 68.6 Å². The highest BCUT2D eigenvalue weighted by Crippen LogP contribution is 2.19. The van der Waals surface area contributed by atoms with Gasteiger partial charge in [-0.3, -0.25) is 0 Å². The molecule has 6 nitrogen and oxygen atoms in total. The molecule has 0 aromatic rings. The first-order valence-corrected chi connectivity index (χ1v) is 7.82. The Hall–Kier alpha value is -0.210. The number of nitrogens with zero attached hydrogens (tertiary/aromatic N) is 2. The summed E-state index contributed by atoms with van der Waals surface area (Å²) in [7, 11) is -1.84. The van der Waals surface area contributed by atoms with Crippen molar-refractivity contribution < 1.29 is 18.3 Å². The number of hydrogen-bond acceptors (Lipinski definition) is 4. The molecule has 1 saturated heterocycles. The van der Waals surface area contributed by atoms with E-state index in [4.69, 9.17) is 9.84 Å². The maximum absolute atomic E-state index is 12.3. The fourth-order valence-corrected chi connectivity index (χ4v) is 3.49. The molecule has 1 unspecified atom stereocenters. The number of aliphatic hydroxyl groups excluding tert-OH is 1. The van der Waals surface area contributed by atoms with Crippen molar-refractivity contribution in [2.75, 3.05) is 46.5 Å². The first kappa shape index (κ1) is 15.8. The molecule has 0 radical (unpaired) electrons. The lowest BCUT2D eigenvalue weighted by Crippen LogP contribution is -2.47. The van der Waals surface area contributed by atoms with E-state index < -0.39 is 10.2 Å². The Morgan fingerprint density at radius 2 is 2.22 bits per heavy atom. The smallest absolute Gasteiger partial charge is 0.281 e. The van der Waals surface area contributed by atoms with Gasteiger partial charge >= 0.3 is 0 Å². The topological polar surface area (TPSA) is 70.1 Å². The predicted molar refractivity (Wildman–Crippen MR) is 69.4 cm³/mol. The second kappa shape index (κ2) is 7.40. The second-order valence-electron chi connectivity index (χ2n) is 4.58.